The van der Waals surface area contributed by atoms with Crippen LogP contribution in [0.5, 0.6) is 0 Å². The molecular weight excluding hydrogens is 626 g/mol. The van der Waals surface area contributed by atoms with Crippen molar-refractivity contribution < 1.29 is 87.7 Å². The van der Waals surface area contributed by atoms with E-state index in [0.29, 0.717) is 0 Å². The summed E-state index contributed by atoms with van der Waals surface area (Å²) in [5.41, 5.74) is -5.83. The van der Waals surface area contributed by atoms with Gasteiger partial charge in [0.25, 0.3) is 11.9 Å². The van der Waals surface area contributed by atoms with Crippen LogP contribution in [0.2, 0.25) is 0 Å². The van der Waals surface area contributed by atoms with Crippen molar-refractivity contribution in [1.29, 1.82) is 0 Å². The van der Waals surface area contributed by atoms with E-state index in [1.165, 1.54) is 30.7 Å². The molecule has 0 spiro atoms. The van der Waals surface area contributed by atoms with Gasteiger partial charge in [-0.3, -0.25) is 0 Å². The molecule has 0 saturated carbocycles. The first-order valence-electron chi connectivity index (χ1n) is 11.1. The van der Waals surface area contributed by atoms with Crippen molar-refractivity contribution in [2.45, 2.75) is 94.2 Å². The molecule has 0 aliphatic carbocycles. The van der Waals surface area contributed by atoms with Crippen LogP contribution in [0.3, 0.4) is 0 Å². The minimum Gasteiger partial charge on any atom is -0.746 e. The van der Waals surface area contributed by atoms with E-state index in [-0.39, 0.29) is 0 Å². The number of hydrogen-bond acceptors (Lipinski definition) is 3. The Morgan fingerprint density at radius 1 is 0.575 bits per heavy atom. The lowest BCUT2D eigenvalue weighted by Crippen LogP contribution is -2.69. The number of alkyl halides is 16. The number of quaternary nitrogens is 1. The molecule has 4 nitrogen and oxygen atoms in total. The fraction of sp³-hybridized carbons (Fsp3) is 1.00. The molecule has 0 bridgehead atoms. The zero-order valence-electron chi connectivity index (χ0n) is 21.0. The number of nitrogens with zero attached hydrogens (tertiary/aromatic N) is 1. The van der Waals surface area contributed by atoms with Gasteiger partial charge in [-0.05, 0) is 27.7 Å². The molecule has 0 N–H and O–H groups in total. The van der Waals surface area contributed by atoms with E-state index in [1.54, 1.807) is 0 Å². The summed E-state index contributed by atoms with van der Waals surface area (Å²) in [6.07, 6.45) is -29.2. The molecule has 0 aliphatic heterocycles. The average molecular weight is 653 g/mol. The molecule has 0 heterocycles. The van der Waals surface area contributed by atoms with Gasteiger partial charge in [-0.15, -0.1) is 0 Å². The highest BCUT2D eigenvalue weighted by atomic mass is 32.2. The Hall–Kier alpha value is -1.25. The second-order valence-corrected chi connectivity index (χ2v) is 9.72. The summed E-state index contributed by atoms with van der Waals surface area (Å²) in [7, 11) is -7.24. The first-order chi connectivity index (χ1) is 17.6. The highest BCUT2D eigenvalue weighted by Crippen LogP contribution is 2.56. The Labute approximate surface area is 219 Å². The Kier molecular flexibility index (Phi) is 14.6. The predicted molar refractivity (Wildman–Crippen MR) is 107 cm³/mol. The standard InChI is InChI=1S/C11H8F16O3S.C8H20N/c12-1(2(13)4(15)6(17)18)3(14)5(16)8(20,21)10(24,25)11(26,27)9(22,23)7(19)31(28,29)30;1-5-9(6-2,7-3)8-4/h1-7H,(H,28,29,30);5-8H2,1-4H3/q;+1/p-1. The van der Waals surface area contributed by atoms with Crippen LogP contribution in [-0.4, -0.2) is 110 Å². The third-order valence-corrected chi connectivity index (χ3v) is 7.04. The predicted octanol–water partition coefficient (Wildman–Crippen LogP) is 6.21. The van der Waals surface area contributed by atoms with Crippen molar-refractivity contribution >= 4 is 10.1 Å². The summed E-state index contributed by atoms with van der Waals surface area (Å²) in [5, 5.41) is 0. The van der Waals surface area contributed by atoms with Crippen molar-refractivity contribution in [2.24, 2.45) is 0 Å². The fourth-order valence-electron chi connectivity index (χ4n) is 3.11. The first-order valence-corrected chi connectivity index (χ1v) is 12.6. The third kappa shape index (κ3) is 8.19. The summed E-state index contributed by atoms with van der Waals surface area (Å²) in [6, 6.07) is 0. The van der Waals surface area contributed by atoms with Gasteiger partial charge in [0.05, 0.1) is 26.2 Å². The van der Waals surface area contributed by atoms with Crippen LogP contribution in [0.4, 0.5) is 70.2 Å². The average Bonchev–Trinajstić information content (AvgIpc) is 2.86. The summed E-state index contributed by atoms with van der Waals surface area (Å²) in [5.74, 6) is -31.1. The van der Waals surface area contributed by atoms with Gasteiger partial charge in [0.1, 0.15) is 10.1 Å². The number of halogens is 16. The van der Waals surface area contributed by atoms with Gasteiger partial charge in [0, 0.05) is 0 Å². The molecule has 0 rings (SSSR count). The first kappa shape index (κ1) is 40.9. The van der Waals surface area contributed by atoms with Crippen LogP contribution in [-0.2, 0) is 10.1 Å². The second kappa shape index (κ2) is 14.3. The SMILES string of the molecule is CC[N+](CC)(CC)CC.O=S(=O)([O-])C(F)C(F)(F)C(F)(F)C(F)(F)C(F)(F)C(F)C(F)C(F)C(F)C(F)C(F)F. The Morgan fingerprint density at radius 2 is 0.875 bits per heavy atom. The Bertz CT molecular complexity index is 854. The monoisotopic (exact) mass is 653 g/mol. The van der Waals surface area contributed by atoms with Crippen molar-refractivity contribution in [2.75, 3.05) is 26.2 Å². The highest BCUT2D eigenvalue weighted by molar-refractivity contribution is 7.86. The van der Waals surface area contributed by atoms with Gasteiger partial charge in [-0.2, -0.15) is 35.1 Å². The van der Waals surface area contributed by atoms with Crippen molar-refractivity contribution in [1.82, 2.24) is 0 Å². The lowest BCUT2D eigenvalue weighted by molar-refractivity contribution is -0.921. The fourth-order valence-corrected chi connectivity index (χ4v) is 3.62. The Balaban J connectivity index is 0. The zero-order valence-corrected chi connectivity index (χ0v) is 21.8. The summed E-state index contributed by atoms with van der Waals surface area (Å²) in [6.45, 7) is 14.2. The maximum absolute atomic E-state index is 13.4. The van der Waals surface area contributed by atoms with E-state index >= 15 is 0 Å². The van der Waals surface area contributed by atoms with Crippen LogP contribution in [0.15, 0.2) is 0 Å². The number of hydrogen-bond donors (Lipinski definition) is 0. The zero-order chi connectivity index (χ0) is 32.9. The van der Waals surface area contributed by atoms with Gasteiger partial charge >= 0.3 is 23.7 Å². The molecule has 0 aliphatic rings. The second-order valence-electron chi connectivity index (χ2n) is 8.32. The molecule has 40 heavy (non-hydrogen) atoms. The molecule has 6 unspecified atom stereocenters. The minimum atomic E-state index is -8.02. The van der Waals surface area contributed by atoms with E-state index < -0.39 is 76.6 Å². The molecule has 0 aromatic carbocycles. The molecule has 0 aromatic rings. The van der Waals surface area contributed by atoms with Crippen LogP contribution in [0, 0.1) is 0 Å². The van der Waals surface area contributed by atoms with Crippen molar-refractivity contribution in [3.8, 4) is 0 Å². The van der Waals surface area contributed by atoms with Crippen LogP contribution in [0.25, 0.3) is 0 Å². The molecule has 6 atom stereocenters. The van der Waals surface area contributed by atoms with Gasteiger partial charge in [0.2, 0.25) is 6.17 Å². The molecule has 0 amide bonds. The van der Waals surface area contributed by atoms with E-state index in [0.717, 1.165) is 0 Å². The topological polar surface area (TPSA) is 57.2 Å². The summed E-state index contributed by atoms with van der Waals surface area (Å²) in [4.78, 5) is 0. The van der Waals surface area contributed by atoms with Crippen molar-refractivity contribution in [3.05, 3.63) is 0 Å². The summed E-state index contributed by atoms with van der Waals surface area (Å²) < 4.78 is 239. The lowest BCUT2D eigenvalue weighted by Gasteiger charge is -2.39. The van der Waals surface area contributed by atoms with Crippen LogP contribution >= 0.6 is 0 Å². The van der Waals surface area contributed by atoms with Crippen LogP contribution in [0.1, 0.15) is 27.7 Å². The van der Waals surface area contributed by atoms with E-state index in [2.05, 4.69) is 27.7 Å². The molecule has 244 valence electrons. The smallest absolute Gasteiger partial charge is 0.382 e. The van der Waals surface area contributed by atoms with Gasteiger partial charge in [0.15, 0.2) is 24.7 Å². The van der Waals surface area contributed by atoms with E-state index in [9.17, 15) is 83.2 Å². The third-order valence-electron chi connectivity index (χ3n) is 6.23. The maximum Gasteiger partial charge on any atom is 0.382 e. The lowest BCUT2D eigenvalue weighted by atomic mass is 9.91. The molecule has 0 saturated heterocycles. The molecule has 0 aromatic heterocycles. The summed E-state index contributed by atoms with van der Waals surface area (Å²) >= 11 is 0. The molecule has 0 radical (unpaired) electrons. The number of rotatable bonds is 15. The van der Waals surface area contributed by atoms with Crippen LogP contribution < -0.4 is 0 Å². The molecule has 0 fully saturated rings. The van der Waals surface area contributed by atoms with E-state index in [4.69, 9.17) is 0 Å². The van der Waals surface area contributed by atoms with Gasteiger partial charge in [-0.25, -0.2) is 43.5 Å². The van der Waals surface area contributed by atoms with Gasteiger partial charge < -0.3 is 9.04 Å². The Morgan fingerprint density at radius 3 is 1.12 bits per heavy atom. The van der Waals surface area contributed by atoms with Crippen molar-refractivity contribution in [3.63, 3.8) is 0 Å². The minimum absolute atomic E-state index is 1.28. The molecule has 21 heteroatoms. The molecular formula is C19H27F16NO3S. The quantitative estimate of drug-likeness (QED) is 0.120. The highest BCUT2D eigenvalue weighted by Gasteiger charge is 2.85. The maximum atomic E-state index is 13.4. The van der Waals surface area contributed by atoms with Gasteiger partial charge in [-0.1, -0.05) is 0 Å². The normalized spacial score (nSPS) is 18.9. The largest absolute Gasteiger partial charge is 0.746 e. The van der Waals surface area contributed by atoms with E-state index in [1.807, 2.05) is 0 Å².